The Bertz CT molecular complexity index is 1320. The molecule has 0 spiro atoms. The highest BCUT2D eigenvalue weighted by Crippen LogP contribution is 2.31. The van der Waals surface area contributed by atoms with Gasteiger partial charge < -0.3 is 24.3 Å². The standard InChI is InChI=1S/C28H36N4O6/c1-17-25(30-31-32(17)22-15-20(35-8)10-11-23(22)36-9)26(34)29-19-12-18(27(2,3)4)13-21(14-19)37-16-24(33)38-28(5,6)7/h10-15H,16H2,1-9H3,(H,29,34). The third-order valence-electron chi connectivity index (χ3n) is 5.53. The van der Waals surface area contributed by atoms with E-state index >= 15 is 0 Å². The van der Waals surface area contributed by atoms with Gasteiger partial charge in [-0.25, -0.2) is 9.48 Å². The molecule has 0 atom stereocenters. The second-order valence-corrected chi connectivity index (χ2v) is 10.8. The predicted molar refractivity (Wildman–Crippen MR) is 144 cm³/mol. The zero-order valence-corrected chi connectivity index (χ0v) is 23.5. The number of aromatic nitrogens is 3. The van der Waals surface area contributed by atoms with Crippen LogP contribution in [0.3, 0.4) is 0 Å². The Morgan fingerprint density at radius 2 is 1.66 bits per heavy atom. The van der Waals surface area contributed by atoms with Gasteiger partial charge >= 0.3 is 5.97 Å². The van der Waals surface area contributed by atoms with Gasteiger partial charge in [0.05, 0.1) is 19.9 Å². The molecule has 204 valence electrons. The summed E-state index contributed by atoms with van der Waals surface area (Å²) in [6.45, 7) is 13.0. The van der Waals surface area contributed by atoms with E-state index in [0.29, 0.717) is 34.3 Å². The second kappa shape index (κ2) is 11.1. The lowest BCUT2D eigenvalue weighted by Crippen LogP contribution is -2.27. The van der Waals surface area contributed by atoms with Crippen LogP contribution in [-0.2, 0) is 14.9 Å². The monoisotopic (exact) mass is 524 g/mol. The molecular weight excluding hydrogens is 488 g/mol. The van der Waals surface area contributed by atoms with E-state index in [4.69, 9.17) is 18.9 Å². The zero-order chi connectivity index (χ0) is 28.3. The first-order chi connectivity index (χ1) is 17.7. The molecule has 0 bridgehead atoms. The van der Waals surface area contributed by atoms with Gasteiger partial charge in [0.2, 0.25) is 0 Å². The molecule has 1 amide bonds. The number of carbonyl (C=O) groups is 2. The SMILES string of the molecule is COc1ccc(OC)c(-n2nnc(C(=O)Nc3cc(OCC(=O)OC(C)(C)C)cc(C(C)(C)C)c3)c2C)c1. The fraction of sp³-hybridized carbons (Fsp3) is 0.429. The number of anilines is 1. The number of esters is 1. The van der Waals surface area contributed by atoms with E-state index in [9.17, 15) is 9.59 Å². The van der Waals surface area contributed by atoms with Gasteiger partial charge in [0.25, 0.3) is 5.91 Å². The maximum absolute atomic E-state index is 13.3. The molecule has 10 heteroatoms. The first-order valence-electron chi connectivity index (χ1n) is 12.2. The van der Waals surface area contributed by atoms with Crippen LogP contribution >= 0.6 is 0 Å². The number of hydrogen-bond acceptors (Lipinski definition) is 8. The van der Waals surface area contributed by atoms with Crippen molar-refractivity contribution >= 4 is 17.6 Å². The van der Waals surface area contributed by atoms with Crippen LogP contribution in [0.5, 0.6) is 17.2 Å². The summed E-state index contributed by atoms with van der Waals surface area (Å²) >= 11 is 0. The minimum absolute atomic E-state index is 0.146. The van der Waals surface area contributed by atoms with Gasteiger partial charge in [-0.3, -0.25) is 4.79 Å². The molecule has 0 saturated carbocycles. The summed E-state index contributed by atoms with van der Waals surface area (Å²) in [6.07, 6.45) is 0. The molecule has 1 N–H and O–H groups in total. The topological polar surface area (TPSA) is 114 Å². The number of hydrogen-bond donors (Lipinski definition) is 1. The van der Waals surface area contributed by atoms with Crippen molar-refractivity contribution in [2.24, 2.45) is 0 Å². The van der Waals surface area contributed by atoms with Gasteiger partial charge in [0.15, 0.2) is 12.3 Å². The number of nitrogens with one attached hydrogen (secondary N) is 1. The van der Waals surface area contributed by atoms with Crippen LogP contribution in [0.1, 0.15) is 63.3 Å². The third kappa shape index (κ3) is 7.02. The van der Waals surface area contributed by atoms with E-state index < -0.39 is 17.5 Å². The summed E-state index contributed by atoms with van der Waals surface area (Å²) < 4.78 is 23.3. The number of rotatable bonds is 8. The molecule has 2 aromatic carbocycles. The number of nitrogens with zero attached hydrogens (tertiary/aromatic N) is 3. The summed E-state index contributed by atoms with van der Waals surface area (Å²) in [5, 5.41) is 11.2. The molecule has 10 nitrogen and oxygen atoms in total. The Hall–Kier alpha value is -4.08. The highest BCUT2D eigenvalue weighted by atomic mass is 16.6. The van der Waals surface area contributed by atoms with Gasteiger partial charge in [0.1, 0.15) is 28.5 Å². The molecule has 0 saturated heterocycles. The first kappa shape index (κ1) is 28.5. The first-order valence-corrected chi connectivity index (χ1v) is 12.2. The van der Waals surface area contributed by atoms with Gasteiger partial charge in [0, 0.05) is 17.8 Å². The fourth-order valence-electron chi connectivity index (χ4n) is 3.62. The quantitative estimate of drug-likeness (QED) is 0.416. The predicted octanol–water partition coefficient (Wildman–Crippen LogP) is 4.86. The summed E-state index contributed by atoms with van der Waals surface area (Å²) in [4.78, 5) is 25.4. The van der Waals surface area contributed by atoms with Crippen LogP contribution in [-0.4, -0.2) is 53.3 Å². The minimum Gasteiger partial charge on any atom is -0.497 e. The van der Waals surface area contributed by atoms with E-state index in [2.05, 4.69) is 15.6 Å². The van der Waals surface area contributed by atoms with E-state index in [0.717, 1.165) is 5.56 Å². The number of amides is 1. The van der Waals surface area contributed by atoms with Crippen molar-refractivity contribution in [3.05, 3.63) is 53.3 Å². The maximum atomic E-state index is 13.3. The largest absolute Gasteiger partial charge is 0.497 e. The highest BCUT2D eigenvalue weighted by molar-refractivity contribution is 6.03. The lowest BCUT2D eigenvalue weighted by molar-refractivity contribution is -0.157. The van der Waals surface area contributed by atoms with Gasteiger partial charge in [-0.2, -0.15) is 0 Å². The van der Waals surface area contributed by atoms with Crippen LogP contribution in [0.25, 0.3) is 5.69 Å². The summed E-state index contributed by atoms with van der Waals surface area (Å²) in [7, 11) is 3.12. The minimum atomic E-state index is -0.614. The Morgan fingerprint density at radius 1 is 0.947 bits per heavy atom. The molecule has 0 aliphatic carbocycles. The molecule has 0 unspecified atom stereocenters. The molecule has 0 aliphatic rings. The van der Waals surface area contributed by atoms with Crippen LogP contribution in [0.15, 0.2) is 36.4 Å². The number of carbonyl (C=O) groups excluding carboxylic acids is 2. The number of ether oxygens (including phenoxy) is 4. The van der Waals surface area contributed by atoms with Gasteiger partial charge in [-0.05, 0) is 62.9 Å². The Kier molecular flexibility index (Phi) is 8.34. The second-order valence-electron chi connectivity index (χ2n) is 10.8. The Morgan fingerprint density at radius 3 is 2.26 bits per heavy atom. The van der Waals surface area contributed by atoms with Crippen molar-refractivity contribution in [1.82, 2.24) is 15.0 Å². The molecule has 38 heavy (non-hydrogen) atoms. The van der Waals surface area contributed by atoms with Gasteiger partial charge in [-0.1, -0.05) is 26.0 Å². The van der Waals surface area contributed by atoms with Crippen molar-refractivity contribution < 1.29 is 28.5 Å². The molecule has 0 radical (unpaired) electrons. The molecule has 0 fully saturated rings. The molecule has 1 heterocycles. The van der Waals surface area contributed by atoms with Crippen molar-refractivity contribution in [3.63, 3.8) is 0 Å². The fourth-order valence-corrected chi connectivity index (χ4v) is 3.62. The van der Waals surface area contributed by atoms with Crippen molar-refractivity contribution in [2.45, 2.75) is 59.5 Å². The average molecular weight is 525 g/mol. The lowest BCUT2D eigenvalue weighted by atomic mass is 9.86. The summed E-state index contributed by atoms with van der Waals surface area (Å²) in [5.41, 5.74) is 1.80. The molecule has 3 rings (SSSR count). The van der Waals surface area contributed by atoms with Crippen LogP contribution in [0.2, 0.25) is 0 Å². The van der Waals surface area contributed by atoms with Gasteiger partial charge in [-0.15, -0.1) is 5.10 Å². The highest BCUT2D eigenvalue weighted by Gasteiger charge is 2.22. The van der Waals surface area contributed by atoms with Crippen molar-refractivity contribution in [3.8, 4) is 22.9 Å². The molecular formula is C28H36N4O6. The number of methoxy groups -OCH3 is 2. The molecule has 3 aromatic rings. The van der Waals surface area contributed by atoms with E-state index in [1.54, 1.807) is 66.2 Å². The molecule has 0 aliphatic heterocycles. The van der Waals surface area contributed by atoms with Crippen LogP contribution < -0.4 is 19.5 Å². The Balaban J connectivity index is 1.88. The van der Waals surface area contributed by atoms with E-state index in [1.807, 2.05) is 32.9 Å². The van der Waals surface area contributed by atoms with E-state index in [-0.39, 0.29) is 17.7 Å². The van der Waals surface area contributed by atoms with Crippen LogP contribution in [0.4, 0.5) is 5.69 Å². The smallest absolute Gasteiger partial charge is 0.344 e. The third-order valence-corrected chi connectivity index (χ3v) is 5.53. The van der Waals surface area contributed by atoms with Crippen molar-refractivity contribution in [1.29, 1.82) is 0 Å². The van der Waals surface area contributed by atoms with Crippen molar-refractivity contribution in [2.75, 3.05) is 26.1 Å². The summed E-state index contributed by atoms with van der Waals surface area (Å²) in [6, 6.07) is 10.6. The average Bonchev–Trinajstić information content (AvgIpc) is 3.21. The molecule has 1 aromatic heterocycles. The maximum Gasteiger partial charge on any atom is 0.344 e. The van der Waals surface area contributed by atoms with Crippen LogP contribution in [0, 0.1) is 6.92 Å². The number of benzene rings is 2. The zero-order valence-electron chi connectivity index (χ0n) is 23.5. The normalized spacial score (nSPS) is 11.6. The summed E-state index contributed by atoms with van der Waals surface area (Å²) in [5.74, 6) is 0.666. The lowest BCUT2D eigenvalue weighted by Gasteiger charge is -2.22. The van der Waals surface area contributed by atoms with E-state index in [1.165, 1.54) is 4.68 Å². The Labute approximate surface area is 223 Å².